The highest BCUT2D eigenvalue weighted by Gasteiger charge is 2.42. The summed E-state index contributed by atoms with van der Waals surface area (Å²) >= 11 is 11.9. The number of carbonyl (C=O) groups is 2. The Labute approximate surface area is 144 Å². The lowest BCUT2D eigenvalue weighted by Gasteiger charge is -2.19. The summed E-state index contributed by atoms with van der Waals surface area (Å²) in [7, 11) is 0. The molecule has 5 heteroatoms. The minimum Gasteiger partial charge on any atom is -0.274 e. The van der Waals surface area contributed by atoms with Crippen molar-refractivity contribution in [3.63, 3.8) is 0 Å². The van der Waals surface area contributed by atoms with Crippen molar-refractivity contribution in [2.24, 2.45) is 5.92 Å². The average Bonchev–Trinajstić information content (AvgIpc) is 2.85. The van der Waals surface area contributed by atoms with Crippen molar-refractivity contribution in [3.05, 3.63) is 64.1 Å². The second-order valence-corrected chi connectivity index (χ2v) is 6.49. The van der Waals surface area contributed by atoms with Crippen LogP contribution in [0, 0.1) is 5.92 Å². The van der Waals surface area contributed by atoms with Gasteiger partial charge in [0.15, 0.2) is 0 Å². The first-order chi connectivity index (χ1) is 11.0. The van der Waals surface area contributed by atoms with Crippen LogP contribution in [0.25, 0.3) is 0 Å². The van der Waals surface area contributed by atoms with E-state index in [1.807, 2.05) is 37.3 Å². The van der Waals surface area contributed by atoms with E-state index in [1.165, 1.54) is 4.90 Å². The Kier molecular flexibility index (Phi) is 4.42. The molecule has 2 aromatic carbocycles. The van der Waals surface area contributed by atoms with Gasteiger partial charge in [0.25, 0.3) is 0 Å². The van der Waals surface area contributed by atoms with Crippen LogP contribution in [0.5, 0.6) is 0 Å². The molecule has 0 bridgehead atoms. The van der Waals surface area contributed by atoms with Crippen molar-refractivity contribution in [3.8, 4) is 0 Å². The summed E-state index contributed by atoms with van der Waals surface area (Å²) in [6.07, 6.45) is 0.204. The van der Waals surface area contributed by atoms with Gasteiger partial charge in [-0.05, 0) is 29.7 Å². The Morgan fingerprint density at radius 3 is 2.39 bits per heavy atom. The Morgan fingerprint density at radius 2 is 1.74 bits per heavy atom. The number of carbonyl (C=O) groups excluding carboxylic acids is 2. The standard InChI is InChI=1S/C18H15Cl2NO2/c1-11(12-5-3-2-4-6-12)14-10-17(22)21(18(14)23)13-7-8-15(19)16(20)9-13/h2-9,11,14H,10H2,1H3. The molecule has 0 aliphatic carbocycles. The molecule has 1 fully saturated rings. The van der Waals surface area contributed by atoms with Gasteiger partial charge in [0.1, 0.15) is 0 Å². The SMILES string of the molecule is CC(c1ccccc1)C1CC(=O)N(c2ccc(Cl)c(Cl)c2)C1=O. The Hall–Kier alpha value is -1.84. The molecule has 3 nitrogen and oxygen atoms in total. The average molecular weight is 348 g/mol. The molecule has 2 aromatic rings. The Morgan fingerprint density at radius 1 is 1.04 bits per heavy atom. The fourth-order valence-corrected chi connectivity index (χ4v) is 3.22. The predicted octanol–water partition coefficient (Wildman–Crippen LogP) is 4.68. The molecule has 1 heterocycles. The number of hydrogen-bond acceptors (Lipinski definition) is 2. The van der Waals surface area contributed by atoms with E-state index in [9.17, 15) is 9.59 Å². The van der Waals surface area contributed by atoms with Gasteiger partial charge >= 0.3 is 0 Å². The summed E-state index contributed by atoms with van der Waals surface area (Å²) < 4.78 is 0. The molecular formula is C18H15Cl2NO2. The Bertz CT molecular complexity index is 761. The van der Waals surface area contributed by atoms with Crippen LogP contribution in [-0.4, -0.2) is 11.8 Å². The maximum absolute atomic E-state index is 12.8. The quantitative estimate of drug-likeness (QED) is 0.756. The predicted molar refractivity (Wildman–Crippen MR) is 91.9 cm³/mol. The smallest absolute Gasteiger partial charge is 0.237 e. The number of rotatable bonds is 3. The van der Waals surface area contributed by atoms with Gasteiger partial charge in [-0.25, -0.2) is 0 Å². The van der Waals surface area contributed by atoms with Crippen LogP contribution in [0.3, 0.4) is 0 Å². The lowest BCUT2D eigenvalue weighted by atomic mass is 9.86. The minimum absolute atomic E-state index is 0.0274. The fraction of sp³-hybridized carbons (Fsp3) is 0.222. The first kappa shape index (κ1) is 16.0. The molecule has 118 valence electrons. The molecule has 0 saturated carbocycles. The van der Waals surface area contributed by atoms with E-state index < -0.39 is 0 Å². The summed E-state index contributed by atoms with van der Waals surface area (Å²) in [5.41, 5.74) is 1.52. The van der Waals surface area contributed by atoms with Crippen LogP contribution < -0.4 is 4.90 Å². The van der Waals surface area contributed by atoms with E-state index in [4.69, 9.17) is 23.2 Å². The number of anilines is 1. The van der Waals surface area contributed by atoms with Crippen LogP contribution in [0.4, 0.5) is 5.69 Å². The van der Waals surface area contributed by atoms with Gasteiger partial charge in [0.2, 0.25) is 11.8 Å². The topological polar surface area (TPSA) is 37.4 Å². The maximum atomic E-state index is 12.8. The second kappa shape index (κ2) is 6.34. The molecule has 1 saturated heterocycles. The molecule has 2 amide bonds. The molecule has 1 aliphatic rings. The Balaban J connectivity index is 1.89. The molecule has 2 atom stereocenters. The highest BCUT2D eigenvalue weighted by Crippen LogP contribution is 2.37. The number of hydrogen-bond donors (Lipinski definition) is 0. The molecule has 2 unspecified atom stereocenters. The summed E-state index contributed by atoms with van der Waals surface area (Å²) in [6.45, 7) is 1.98. The number of benzene rings is 2. The third-order valence-electron chi connectivity index (χ3n) is 4.27. The highest BCUT2D eigenvalue weighted by atomic mass is 35.5. The molecule has 3 rings (SSSR count). The van der Waals surface area contributed by atoms with E-state index in [0.717, 1.165) is 5.56 Å². The first-order valence-electron chi connectivity index (χ1n) is 7.36. The van der Waals surface area contributed by atoms with Crippen molar-refractivity contribution >= 4 is 40.7 Å². The third kappa shape index (κ3) is 2.99. The minimum atomic E-state index is -0.362. The van der Waals surface area contributed by atoms with Crippen LogP contribution in [-0.2, 0) is 9.59 Å². The summed E-state index contributed by atoms with van der Waals surface area (Å²) in [4.78, 5) is 26.3. The van der Waals surface area contributed by atoms with Crippen molar-refractivity contribution < 1.29 is 9.59 Å². The molecule has 0 aromatic heterocycles. The molecule has 0 spiro atoms. The highest BCUT2D eigenvalue weighted by molar-refractivity contribution is 6.42. The number of nitrogens with zero attached hydrogens (tertiary/aromatic N) is 1. The van der Waals surface area contributed by atoms with Gasteiger partial charge in [0, 0.05) is 6.42 Å². The zero-order chi connectivity index (χ0) is 16.6. The second-order valence-electron chi connectivity index (χ2n) is 5.68. The van der Waals surface area contributed by atoms with Gasteiger partial charge in [-0.2, -0.15) is 0 Å². The van der Waals surface area contributed by atoms with E-state index in [2.05, 4.69) is 0 Å². The normalized spacial score (nSPS) is 19.3. The summed E-state index contributed by atoms with van der Waals surface area (Å²) in [5, 5.41) is 0.716. The van der Waals surface area contributed by atoms with Crippen molar-refractivity contribution in [2.45, 2.75) is 19.3 Å². The molecule has 1 aliphatic heterocycles. The monoisotopic (exact) mass is 347 g/mol. The van der Waals surface area contributed by atoms with Gasteiger partial charge in [-0.1, -0.05) is 60.5 Å². The largest absolute Gasteiger partial charge is 0.274 e. The van der Waals surface area contributed by atoms with Crippen molar-refractivity contribution in [2.75, 3.05) is 4.90 Å². The van der Waals surface area contributed by atoms with Gasteiger partial charge in [-0.15, -0.1) is 0 Å². The van der Waals surface area contributed by atoms with E-state index in [-0.39, 0.29) is 30.1 Å². The van der Waals surface area contributed by atoms with E-state index in [1.54, 1.807) is 18.2 Å². The first-order valence-corrected chi connectivity index (χ1v) is 8.11. The third-order valence-corrected chi connectivity index (χ3v) is 5.01. The zero-order valence-corrected chi connectivity index (χ0v) is 14.0. The van der Waals surface area contributed by atoms with Crippen LogP contribution in [0.15, 0.2) is 48.5 Å². The molecular weight excluding hydrogens is 333 g/mol. The van der Waals surface area contributed by atoms with Gasteiger partial charge in [0.05, 0.1) is 21.7 Å². The van der Waals surface area contributed by atoms with E-state index in [0.29, 0.717) is 15.7 Å². The lowest BCUT2D eigenvalue weighted by Crippen LogP contribution is -2.31. The van der Waals surface area contributed by atoms with Crippen molar-refractivity contribution in [1.29, 1.82) is 0 Å². The maximum Gasteiger partial charge on any atom is 0.237 e. The molecule has 23 heavy (non-hydrogen) atoms. The summed E-state index contributed by atoms with van der Waals surface area (Å²) in [5.74, 6) is -0.786. The van der Waals surface area contributed by atoms with E-state index >= 15 is 0 Å². The van der Waals surface area contributed by atoms with Crippen LogP contribution >= 0.6 is 23.2 Å². The number of imide groups is 1. The van der Waals surface area contributed by atoms with Crippen LogP contribution in [0.1, 0.15) is 24.8 Å². The molecule has 0 N–H and O–H groups in total. The number of halogens is 2. The molecule has 0 radical (unpaired) electrons. The number of amides is 2. The van der Waals surface area contributed by atoms with Crippen LogP contribution in [0.2, 0.25) is 10.0 Å². The lowest BCUT2D eigenvalue weighted by molar-refractivity contribution is -0.122. The zero-order valence-electron chi connectivity index (χ0n) is 12.5. The van der Waals surface area contributed by atoms with Crippen molar-refractivity contribution in [1.82, 2.24) is 0 Å². The fourth-order valence-electron chi connectivity index (χ4n) is 2.93. The summed E-state index contributed by atoms with van der Waals surface area (Å²) in [6, 6.07) is 14.5. The van der Waals surface area contributed by atoms with Gasteiger partial charge in [-0.3, -0.25) is 14.5 Å². The van der Waals surface area contributed by atoms with Gasteiger partial charge < -0.3 is 0 Å².